The monoisotopic (exact) mass is 359 g/mol. The van der Waals surface area contributed by atoms with Crippen molar-refractivity contribution in [1.82, 2.24) is 4.90 Å². The first kappa shape index (κ1) is 18.9. The van der Waals surface area contributed by atoms with Crippen LogP contribution in [0, 0.1) is 26.2 Å². The summed E-state index contributed by atoms with van der Waals surface area (Å²) in [6.07, 6.45) is 3.59. The van der Waals surface area contributed by atoms with Gasteiger partial charge in [-0.25, -0.2) is 0 Å². The SMILES string of the molecule is Cc1cc(C)c2c(CC(=O)N(C)CC3(CO)CCOCC3)coc2c1C. The van der Waals surface area contributed by atoms with E-state index in [2.05, 4.69) is 26.8 Å². The minimum Gasteiger partial charge on any atom is -0.464 e. The van der Waals surface area contributed by atoms with Crippen molar-refractivity contribution >= 4 is 16.9 Å². The molecule has 5 nitrogen and oxygen atoms in total. The number of nitrogens with zero attached hydrogens (tertiary/aromatic N) is 1. The van der Waals surface area contributed by atoms with Crippen LogP contribution in [0.25, 0.3) is 11.0 Å². The van der Waals surface area contributed by atoms with Crippen LogP contribution >= 0.6 is 0 Å². The molecule has 1 aromatic heterocycles. The molecular weight excluding hydrogens is 330 g/mol. The van der Waals surface area contributed by atoms with Gasteiger partial charge in [-0.05, 0) is 50.3 Å². The molecule has 0 aliphatic carbocycles. The highest BCUT2D eigenvalue weighted by atomic mass is 16.5. The molecule has 5 heteroatoms. The Morgan fingerprint density at radius 2 is 1.92 bits per heavy atom. The number of amides is 1. The lowest BCUT2D eigenvalue weighted by Crippen LogP contribution is -2.45. The second kappa shape index (κ2) is 7.41. The van der Waals surface area contributed by atoms with E-state index in [0.717, 1.165) is 40.5 Å². The third-order valence-electron chi connectivity index (χ3n) is 5.86. The Hall–Kier alpha value is -1.85. The number of hydrogen-bond acceptors (Lipinski definition) is 4. The van der Waals surface area contributed by atoms with Crippen LogP contribution in [0.5, 0.6) is 0 Å². The zero-order chi connectivity index (χ0) is 18.9. The molecule has 2 heterocycles. The second-order valence-electron chi connectivity index (χ2n) is 7.80. The van der Waals surface area contributed by atoms with Gasteiger partial charge >= 0.3 is 0 Å². The summed E-state index contributed by atoms with van der Waals surface area (Å²) in [5.41, 5.74) is 5.03. The molecule has 1 N–H and O–H groups in total. The maximum atomic E-state index is 12.8. The number of ether oxygens (including phenoxy) is 1. The van der Waals surface area contributed by atoms with Crippen LogP contribution in [0.4, 0.5) is 0 Å². The number of hydrogen-bond donors (Lipinski definition) is 1. The van der Waals surface area contributed by atoms with Gasteiger partial charge in [0.05, 0.1) is 19.3 Å². The molecule has 142 valence electrons. The fourth-order valence-electron chi connectivity index (χ4n) is 3.98. The lowest BCUT2D eigenvalue weighted by molar-refractivity contribution is -0.132. The van der Waals surface area contributed by atoms with E-state index in [1.54, 1.807) is 11.2 Å². The van der Waals surface area contributed by atoms with Crippen molar-refractivity contribution in [2.45, 2.75) is 40.0 Å². The van der Waals surface area contributed by atoms with Gasteiger partial charge in [-0.2, -0.15) is 0 Å². The third-order valence-corrected chi connectivity index (χ3v) is 5.86. The van der Waals surface area contributed by atoms with E-state index in [-0.39, 0.29) is 17.9 Å². The summed E-state index contributed by atoms with van der Waals surface area (Å²) in [5.74, 6) is 0.0460. The maximum Gasteiger partial charge on any atom is 0.226 e. The first-order valence-corrected chi connectivity index (χ1v) is 9.26. The van der Waals surface area contributed by atoms with E-state index in [0.29, 0.717) is 26.2 Å². The first-order valence-electron chi connectivity index (χ1n) is 9.26. The summed E-state index contributed by atoms with van der Waals surface area (Å²) in [4.78, 5) is 14.6. The number of fused-ring (bicyclic) bond motifs is 1. The fourth-order valence-corrected chi connectivity index (χ4v) is 3.98. The Kier molecular flexibility index (Phi) is 5.39. The van der Waals surface area contributed by atoms with Crippen molar-refractivity contribution in [3.8, 4) is 0 Å². The molecular formula is C21H29NO4. The predicted octanol–water partition coefficient (Wildman–Crippen LogP) is 3.15. The Labute approximate surface area is 154 Å². The molecule has 0 saturated carbocycles. The summed E-state index contributed by atoms with van der Waals surface area (Å²) in [7, 11) is 1.82. The fraction of sp³-hybridized carbons (Fsp3) is 0.571. The summed E-state index contributed by atoms with van der Waals surface area (Å²) < 4.78 is 11.2. The van der Waals surface area contributed by atoms with Crippen LogP contribution in [0.2, 0.25) is 0 Å². The molecule has 0 spiro atoms. The minimum atomic E-state index is -0.245. The number of carbonyl (C=O) groups is 1. The summed E-state index contributed by atoms with van der Waals surface area (Å²) in [5, 5.41) is 10.9. The molecule has 3 rings (SSSR count). The van der Waals surface area contributed by atoms with Gasteiger partial charge in [0.2, 0.25) is 5.91 Å². The van der Waals surface area contributed by atoms with Crippen molar-refractivity contribution in [2.24, 2.45) is 5.41 Å². The molecule has 1 aliphatic heterocycles. The van der Waals surface area contributed by atoms with Crippen molar-refractivity contribution in [3.63, 3.8) is 0 Å². The molecule has 0 radical (unpaired) electrons. The van der Waals surface area contributed by atoms with Crippen LogP contribution < -0.4 is 0 Å². The first-order chi connectivity index (χ1) is 12.4. The quantitative estimate of drug-likeness (QED) is 0.891. The molecule has 1 aromatic carbocycles. The minimum absolute atomic E-state index is 0.0460. The van der Waals surface area contributed by atoms with Gasteiger partial charge in [0.25, 0.3) is 0 Å². The lowest BCUT2D eigenvalue weighted by atomic mass is 9.80. The molecule has 1 fully saturated rings. The average Bonchev–Trinajstić information content (AvgIpc) is 3.04. The van der Waals surface area contributed by atoms with Crippen molar-refractivity contribution in [3.05, 3.63) is 34.6 Å². The van der Waals surface area contributed by atoms with E-state index >= 15 is 0 Å². The van der Waals surface area contributed by atoms with Crippen LogP contribution in [-0.4, -0.2) is 49.3 Å². The zero-order valence-corrected chi connectivity index (χ0v) is 16.2. The van der Waals surface area contributed by atoms with Gasteiger partial charge in [-0.3, -0.25) is 4.79 Å². The summed E-state index contributed by atoms with van der Waals surface area (Å²) >= 11 is 0. The van der Waals surface area contributed by atoms with Gasteiger partial charge in [0.15, 0.2) is 0 Å². The Balaban J connectivity index is 1.77. The van der Waals surface area contributed by atoms with Crippen LogP contribution in [0.15, 0.2) is 16.7 Å². The highest BCUT2D eigenvalue weighted by Gasteiger charge is 2.34. The van der Waals surface area contributed by atoms with Gasteiger partial charge < -0.3 is 19.2 Å². The van der Waals surface area contributed by atoms with E-state index in [9.17, 15) is 9.90 Å². The summed E-state index contributed by atoms with van der Waals surface area (Å²) in [6, 6.07) is 2.15. The number of likely N-dealkylation sites (N-methyl/N-ethyl adjacent to an activating group) is 1. The predicted molar refractivity (Wildman–Crippen MR) is 101 cm³/mol. The lowest BCUT2D eigenvalue weighted by Gasteiger charge is -2.38. The Morgan fingerprint density at radius 1 is 1.23 bits per heavy atom. The van der Waals surface area contributed by atoms with E-state index in [4.69, 9.17) is 9.15 Å². The van der Waals surface area contributed by atoms with Crippen molar-refractivity contribution in [2.75, 3.05) is 33.4 Å². The largest absolute Gasteiger partial charge is 0.464 e. The second-order valence-corrected chi connectivity index (χ2v) is 7.80. The third kappa shape index (κ3) is 3.51. The molecule has 1 aliphatic rings. The maximum absolute atomic E-state index is 12.8. The Morgan fingerprint density at radius 3 is 2.58 bits per heavy atom. The van der Waals surface area contributed by atoms with Crippen LogP contribution in [0.3, 0.4) is 0 Å². The number of rotatable bonds is 5. The smallest absolute Gasteiger partial charge is 0.226 e. The number of aliphatic hydroxyl groups excluding tert-OH is 1. The zero-order valence-electron chi connectivity index (χ0n) is 16.2. The van der Waals surface area contributed by atoms with Gasteiger partial charge in [-0.1, -0.05) is 6.07 Å². The van der Waals surface area contributed by atoms with Gasteiger partial charge in [0, 0.05) is 43.2 Å². The normalized spacial score (nSPS) is 16.8. The molecule has 1 amide bonds. The van der Waals surface area contributed by atoms with Crippen LogP contribution in [-0.2, 0) is 16.0 Å². The van der Waals surface area contributed by atoms with Crippen molar-refractivity contribution in [1.29, 1.82) is 0 Å². The molecule has 2 aromatic rings. The standard InChI is InChI=1S/C21H29NO4/c1-14-9-15(2)19-17(11-26-20(19)16(14)3)10-18(24)22(4)12-21(13-23)5-7-25-8-6-21/h9,11,23H,5-8,10,12-13H2,1-4H3. The number of aryl methyl sites for hydroxylation is 3. The van der Waals surface area contributed by atoms with Crippen LogP contribution in [0.1, 0.15) is 35.1 Å². The molecule has 26 heavy (non-hydrogen) atoms. The number of aliphatic hydroxyl groups is 1. The molecule has 0 atom stereocenters. The average molecular weight is 359 g/mol. The van der Waals surface area contributed by atoms with E-state index < -0.39 is 0 Å². The van der Waals surface area contributed by atoms with Gasteiger partial charge in [0.1, 0.15) is 5.58 Å². The number of benzene rings is 1. The van der Waals surface area contributed by atoms with Crippen molar-refractivity contribution < 1.29 is 19.1 Å². The number of carbonyl (C=O) groups excluding carboxylic acids is 1. The van der Waals surface area contributed by atoms with E-state index in [1.165, 1.54) is 5.56 Å². The Bertz CT molecular complexity index is 802. The molecule has 0 bridgehead atoms. The van der Waals surface area contributed by atoms with E-state index in [1.807, 2.05) is 7.05 Å². The highest BCUT2D eigenvalue weighted by molar-refractivity contribution is 5.91. The molecule has 0 unspecified atom stereocenters. The summed E-state index contributed by atoms with van der Waals surface area (Å²) in [6.45, 7) is 8.11. The van der Waals surface area contributed by atoms with Gasteiger partial charge in [-0.15, -0.1) is 0 Å². The topological polar surface area (TPSA) is 62.9 Å². The molecule has 1 saturated heterocycles. The number of furan rings is 1. The highest BCUT2D eigenvalue weighted by Crippen LogP contribution is 2.32.